The van der Waals surface area contributed by atoms with Gasteiger partial charge in [-0.1, -0.05) is 11.6 Å². The molecule has 1 aromatic rings. The van der Waals surface area contributed by atoms with Crippen LogP contribution < -0.4 is 16.8 Å². The summed E-state index contributed by atoms with van der Waals surface area (Å²) in [6.07, 6.45) is -1.06. The number of ether oxygens (including phenoxy) is 1. The number of nitrogens with two attached hydrogens (primary N) is 2. The first kappa shape index (κ1) is 21.0. The first-order valence-corrected chi connectivity index (χ1v) is 10.3. The van der Waals surface area contributed by atoms with Crippen molar-refractivity contribution >= 4 is 69.3 Å². The number of hydrogen-bond acceptors (Lipinski definition) is 9. The molecule has 14 heteroatoms. The molecule has 1 fully saturated rings. The van der Waals surface area contributed by atoms with Crippen molar-refractivity contribution in [1.82, 2.24) is 15.2 Å². The number of hydrogen-bond donors (Lipinski definition) is 4. The number of nitrogens with zero attached hydrogens (tertiary/aromatic N) is 2. The molecule has 0 saturated carbocycles. The van der Waals surface area contributed by atoms with Crippen LogP contribution in [0, 0.1) is 0 Å². The van der Waals surface area contributed by atoms with E-state index in [0.717, 1.165) is 21.8 Å². The number of carbonyl (C=O) groups is 4. The lowest BCUT2D eigenvalue weighted by molar-refractivity contribution is -0.150. The van der Waals surface area contributed by atoms with Crippen LogP contribution >= 0.6 is 34.7 Å². The second-order valence-electron chi connectivity index (χ2n) is 5.82. The van der Waals surface area contributed by atoms with Gasteiger partial charge in [0.2, 0.25) is 0 Å². The molecular formula is C15H14ClN5O6S2. The van der Waals surface area contributed by atoms with Gasteiger partial charge in [0.15, 0.2) is 5.13 Å². The molecule has 0 spiro atoms. The van der Waals surface area contributed by atoms with Crippen molar-refractivity contribution in [1.29, 1.82) is 0 Å². The lowest BCUT2D eigenvalue weighted by atomic mass is 10.0. The van der Waals surface area contributed by atoms with Crippen molar-refractivity contribution in [3.8, 4) is 0 Å². The van der Waals surface area contributed by atoms with E-state index >= 15 is 0 Å². The topological polar surface area (TPSA) is 178 Å². The zero-order chi connectivity index (χ0) is 21.3. The van der Waals surface area contributed by atoms with Crippen LogP contribution in [0.5, 0.6) is 0 Å². The van der Waals surface area contributed by atoms with E-state index in [2.05, 4.69) is 15.0 Å². The number of nitrogens with one attached hydrogen (secondary N) is 1. The fraction of sp³-hybridized carbons (Fsp3) is 0.267. The first-order valence-electron chi connectivity index (χ1n) is 7.89. The Hall–Kier alpha value is -2.77. The van der Waals surface area contributed by atoms with Crippen molar-refractivity contribution in [3.05, 3.63) is 27.9 Å². The number of carbonyl (C=O) groups excluding carboxylic acids is 3. The third kappa shape index (κ3) is 4.02. The van der Waals surface area contributed by atoms with Crippen LogP contribution in [0.25, 0.3) is 5.57 Å². The van der Waals surface area contributed by atoms with Gasteiger partial charge in [0.1, 0.15) is 23.7 Å². The molecule has 2 aliphatic rings. The van der Waals surface area contributed by atoms with Gasteiger partial charge in [-0.25, -0.2) is 14.6 Å². The highest BCUT2D eigenvalue weighted by Crippen LogP contribution is 2.40. The summed E-state index contributed by atoms with van der Waals surface area (Å²) >= 11 is 8.08. The van der Waals surface area contributed by atoms with E-state index in [-0.39, 0.29) is 40.0 Å². The van der Waals surface area contributed by atoms with Crippen molar-refractivity contribution in [3.63, 3.8) is 0 Å². The summed E-state index contributed by atoms with van der Waals surface area (Å²) in [5.41, 5.74) is 11.7. The zero-order valence-electron chi connectivity index (χ0n) is 14.5. The molecule has 0 bridgehead atoms. The van der Waals surface area contributed by atoms with Crippen LogP contribution in [0.1, 0.15) is 5.69 Å². The summed E-state index contributed by atoms with van der Waals surface area (Å²) in [5.74, 6) is -2.43. The number of carboxylic acids is 1. The number of anilines is 1. The minimum Gasteiger partial charge on any atom is -0.477 e. The van der Waals surface area contributed by atoms with Crippen molar-refractivity contribution in [2.75, 3.05) is 18.1 Å². The largest absolute Gasteiger partial charge is 0.477 e. The predicted octanol–water partition coefficient (Wildman–Crippen LogP) is 0.139. The SMILES string of the molecule is NC(=O)OCC1=C(C(=O)O)N2C(=O)C(NC(=O)C(=CCl)c3csc(N)n3)[C@@H]2SC1. The Balaban J connectivity index is 1.76. The van der Waals surface area contributed by atoms with E-state index < -0.39 is 35.3 Å². The number of fused-ring (bicyclic) bond motifs is 1. The highest BCUT2D eigenvalue weighted by Gasteiger charge is 2.54. The maximum Gasteiger partial charge on any atom is 0.404 e. The minimum absolute atomic E-state index is 0.0243. The Labute approximate surface area is 176 Å². The lowest BCUT2D eigenvalue weighted by Crippen LogP contribution is -2.70. The summed E-state index contributed by atoms with van der Waals surface area (Å²) in [6, 6.07) is -0.956. The van der Waals surface area contributed by atoms with Gasteiger partial charge in [-0.15, -0.1) is 23.1 Å². The van der Waals surface area contributed by atoms with Gasteiger partial charge in [-0.3, -0.25) is 14.5 Å². The molecular weight excluding hydrogens is 446 g/mol. The maximum atomic E-state index is 12.6. The molecule has 3 rings (SSSR count). The quantitative estimate of drug-likeness (QED) is 0.340. The second-order valence-corrected chi connectivity index (χ2v) is 8.03. The number of aromatic nitrogens is 1. The number of primary amides is 1. The molecule has 3 amide bonds. The van der Waals surface area contributed by atoms with Crippen LogP contribution in [0.3, 0.4) is 0 Å². The van der Waals surface area contributed by atoms with Crippen LogP contribution in [0.4, 0.5) is 9.93 Å². The molecule has 2 atom stereocenters. The fourth-order valence-electron chi connectivity index (χ4n) is 2.80. The fourth-order valence-corrected chi connectivity index (χ4v) is 4.91. The molecule has 6 N–H and O–H groups in total. The molecule has 1 unspecified atom stereocenters. The predicted molar refractivity (Wildman–Crippen MR) is 106 cm³/mol. The van der Waals surface area contributed by atoms with Crippen molar-refractivity contribution < 1.29 is 29.0 Å². The Morgan fingerprint density at radius 2 is 2.21 bits per heavy atom. The highest BCUT2D eigenvalue weighted by molar-refractivity contribution is 8.00. The molecule has 3 heterocycles. The van der Waals surface area contributed by atoms with Crippen LogP contribution in [-0.2, 0) is 19.1 Å². The molecule has 154 valence electrons. The zero-order valence-corrected chi connectivity index (χ0v) is 16.8. The number of thioether (sulfide) groups is 1. The Morgan fingerprint density at radius 1 is 1.48 bits per heavy atom. The average molecular weight is 460 g/mol. The molecule has 0 radical (unpaired) electrons. The number of amides is 3. The van der Waals surface area contributed by atoms with Gasteiger partial charge >= 0.3 is 12.1 Å². The van der Waals surface area contributed by atoms with E-state index in [0.29, 0.717) is 0 Å². The molecule has 1 aromatic heterocycles. The summed E-state index contributed by atoms with van der Waals surface area (Å²) in [7, 11) is 0. The van der Waals surface area contributed by atoms with Gasteiger partial charge < -0.3 is 26.6 Å². The third-order valence-electron chi connectivity index (χ3n) is 4.08. The van der Waals surface area contributed by atoms with Crippen molar-refractivity contribution in [2.45, 2.75) is 11.4 Å². The summed E-state index contributed by atoms with van der Waals surface area (Å²) < 4.78 is 4.65. The highest BCUT2D eigenvalue weighted by atomic mass is 35.5. The molecule has 0 aliphatic carbocycles. The van der Waals surface area contributed by atoms with Gasteiger partial charge in [-0.05, 0) is 0 Å². The van der Waals surface area contributed by atoms with Gasteiger partial charge in [0.05, 0.1) is 11.3 Å². The van der Waals surface area contributed by atoms with Crippen LogP contribution in [0.15, 0.2) is 22.2 Å². The smallest absolute Gasteiger partial charge is 0.404 e. The number of thiazole rings is 1. The van der Waals surface area contributed by atoms with Crippen LogP contribution in [-0.4, -0.2) is 62.6 Å². The maximum absolute atomic E-state index is 12.6. The Morgan fingerprint density at radius 3 is 2.76 bits per heavy atom. The van der Waals surface area contributed by atoms with Crippen molar-refractivity contribution in [2.24, 2.45) is 5.73 Å². The van der Waals surface area contributed by atoms with E-state index in [1.165, 1.54) is 11.8 Å². The first-order chi connectivity index (χ1) is 13.7. The summed E-state index contributed by atoms with van der Waals surface area (Å²) in [5, 5.41) is 13.2. The summed E-state index contributed by atoms with van der Waals surface area (Å²) in [4.78, 5) is 52.6. The number of carboxylic acid groups (broad SMARTS) is 1. The standard InChI is InChI=1S/C15H14ClN5O6S2/c16-1-6(7-4-29-14(17)19-7)10(22)20-8-11(23)21-9(13(24)25)5(2-27-15(18)26)3-28-12(8)21/h1,4,8,12H,2-3H2,(H2,17,19)(H2,18,26)(H,20,22)(H,24,25)/t8?,12-/m0/s1. The minimum atomic E-state index is -1.35. The van der Waals surface area contributed by atoms with E-state index in [1.54, 1.807) is 5.38 Å². The number of β-lactam (4-membered cyclic amide) rings is 1. The van der Waals surface area contributed by atoms with Gasteiger partial charge in [0.25, 0.3) is 11.8 Å². The van der Waals surface area contributed by atoms with Crippen LogP contribution in [0.2, 0.25) is 0 Å². The van der Waals surface area contributed by atoms with E-state index in [1.807, 2.05) is 0 Å². The molecule has 29 heavy (non-hydrogen) atoms. The number of aliphatic carboxylic acids is 1. The monoisotopic (exact) mass is 459 g/mol. The third-order valence-corrected chi connectivity index (χ3v) is 6.31. The molecule has 2 aliphatic heterocycles. The normalized spacial score (nSPS) is 21.3. The van der Waals surface area contributed by atoms with E-state index in [9.17, 15) is 24.3 Å². The number of rotatable bonds is 6. The van der Waals surface area contributed by atoms with Gasteiger partial charge in [0, 0.05) is 22.2 Å². The average Bonchev–Trinajstić information content (AvgIpc) is 3.09. The number of nitrogen functional groups attached to an aromatic ring is 1. The second kappa shape index (κ2) is 8.31. The Bertz CT molecular complexity index is 961. The van der Waals surface area contributed by atoms with Gasteiger partial charge in [-0.2, -0.15) is 0 Å². The number of halogens is 1. The summed E-state index contributed by atoms with van der Waals surface area (Å²) in [6.45, 7) is -0.345. The molecule has 11 nitrogen and oxygen atoms in total. The lowest BCUT2D eigenvalue weighted by Gasteiger charge is -2.49. The Kier molecular flexibility index (Phi) is 6.00. The molecule has 1 saturated heterocycles. The van der Waals surface area contributed by atoms with E-state index in [4.69, 9.17) is 23.1 Å². The molecule has 0 aromatic carbocycles.